The van der Waals surface area contributed by atoms with Crippen molar-refractivity contribution in [3.8, 4) is 0 Å². The molecule has 1 rings (SSSR count). The molecule has 0 spiro atoms. The second-order valence-corrected chi connectivity index (χ2v) is 6.13. The van der Waals surface area contributed by atoms with Crippen LogP contribution in [0.4, 0.5) is 0 Å². The molecular formula is C16H33N3O. The van der Waals surface area contributed by atoms with Gasteiger partial charge in [-0.2, -0.15) is 0 Å². The number of nitrogens with two attached hydrogens (primary N) is 1. The summed E-state index contributed by atoms with van der Waals surface area (Å²) in [4.78, 5) is 4.46. The first-order valence-corrected chi connectivity index (χ1v) is 8.31. The van der Waals surface area contributed by atoms with E-state index in [0.29, 0.717) is 17.9 Å². The Kier molecular flexibility index (Phi) is 8.67. The molecule has 4 heteroatoms. The van der Waals surface area contributed by atoms with Gasteiger partial charge in [0.1, 0.15) is 0 Å². The van der Waals surface area contributed by atoms with Gasteiger partial charge in [0, 0.05) is 19.2 Å². The molecule has 3 N–H and O–H groups in total. The minimum absolute atomic E-state index is 0.287. The lowest BCUT2D eigenvalue weighted by Crippen LogP contribution is -2.40. The van der Waals surface area contributed by atoms with Crippen molar-refractivity contribution < 1.29 is 4.74 Å². The predicted molar refractivity (Wildman–Crippen MR) is 86.0 cm³/mol. The van der Waals surface area contributed by atoms with E-state index in [1.165, 1.54) is 38.5 Å². The van der Waals surface area contributed by atoms with Gasteiger partial charge in [0.15, 0.2) is 5.96 Å². The zero-order valence-electron chi connectivity index (χ0n) is 13.5. The van der Waals surface area contributed by atoms with Gasteiger partial charge in [0.25, 0.3) is 0 Å². The third-order valence-electron chi connectivity index (χ3n) is 4.03. The van der Waals surface area contributed by atoms with Crippen molar-refractivity contribution in [2.75, 3.05) is 13.2 Å². The first kappa shape index (κ1) is 17.3. The molecule has 1 unspecified atom stereocenters. The van der Waals surface area contributed by atoms with Crippen LogP contribution in [-0.4, -0.2) is 31.3 Å². The maximum Gasteiger partial charge on any atom is 0.188 e. The van der Waals surface area contributed by atoms with Crippen molar-refractivity contribution in [1.29, 1.82) is 0 Å². The van der Waals surface area contributed by atoms with E-state index < -0.39 is 0 Å². The number of guanidine groups is 1. The summed E-state index contributed by atoms with van der Waals surface area (Å²) in [5, 5.41) is 3.38. The summed E-state index contributed by atoms with van der Waals surface area (Å²) < 4.78 is 5.72. The number of nitrogens with one attached hydrogen (secondary N) is 1. The average molecular weight is 283 g/mol. The van der Waals surface area contributed by atoms with Crippen molar-refractivity contribution in [2.45, 2.75) is 77.9 Å². The summed E-state index contributed by atoms with van der Waals surface area (Å²) in [6.07, 6.45) is 9.02. The van der Waals surface area contributed by atoms with Crippen LogP contribution in [0.25, 0.3) is 0 Å². The lowest BCUT2D eigenvalue weighted by atomic mass is 10.0. The highest BCUT2D eigenvalue weighted by molar-refractivity contribution is 5.78. The van der Waals surface area contributed by atoms with Gasteiger partial charge in [-0.1, -0.05) is 39.5 Å². The first-order chi connectivity index (χ1) is 9.63. The molecule has 0 aromatic carbocycles. The third kappa shape index (κ3) is 7.13. The van der Waals surface area contributed by atoms with Crippen molar-refractivity contribution in [1.82, 2.24) is 5.32 Å². The summed E-state index contributed by atoms with van der Waals surface area (Å²) >= 11 is 0. The topological polar surface area (TPSA) is 59.6 Å². The number of hydrogen-bond donors (Lipinski definition) is 2. The fourth-order valence-electron chi connectivity index (χ4n) is 2.81. The van der Waals surface area contributed by atoms with E-state index in [4.69, 9.17) is 10.5 Å². The maximum absolute atomic E-state index is 5.99. The van der Waals surface area contributed by atoms with Crippen LogP contribution >= 0.6 is 0 Å². The van der Waals surface area contributed by atoms with E-state index in [-0.39, 0.29) is 6.10 Å². The molecule has 0 radical (unpaired) electrons. The Bertz CT molecular complexity index is 271. The van der Waals surface area contributed by atoms with Gasteiger partial charge < -0.3 is 15.8 Å². The highest BCUT2D eigenvalue weighted by atomic mass is 16.5. The normalized spacial score (nSPS) is 19.9. The Morgan fingerprint density at radius 1 is 1.25 bits per heavy atom. The molecule has 0 amide bonds. The van der Waals surface area contributed by atoms with E-state index in [9.17, 15) is 0 Å². The third-order valence-corrected chi connectivity index (χ3v) is 4.03. The van der Waals surface area contributed by atoms with Crippen LogP contribution in [0.1, 0.15) is 65.7 Å². The molecule has 20 heavy (non-hydrogen) atoms. The van der Waals surface area contributed by atoms with Crippen LogP contribution < -0.4 is 11.1 Å². The van der Waals surface area contributed by atoms with Crippen LogP contribution in [0.5, 0.6) is 0 Å². The minimum atomic E-state index is 0.287. The number of rotatable bonds is 7. The van der Waals surface area contributed by atoms with Gasteiger partial charge in [-0.25, -0.2) is 0 Å². The van der Waals surface area contributed by atoms with E-state index in [0.717, 1.165) is 19.6 Å². The SMILES string of the molecule is CCOC(CCN=C(N)NC1CCCCCC1)C(C)C. The monoisotopic (exact) mass is 283 g/mol. The quantitative estimate of drug-likeness (QED) is 0.429. The Morgan fingerprint density at radius 3 is 2.45 bits per heavy atom. The van der Waals surface area contributed by atoms with Gasteiger partial charge in [-0.05, 0) is 32.1 Å². The largest absolute Gasteiger partial charge is 0.378 e. The van der Waals surface area contributed by atoms with E-state index >= 15 is 0 Å². The fraction of sp³-hybridized carbons (Fsp3) is 0.938. The molecule has 1 saturated carbocycles. The molecule has 1 aliphatic rings. The predicted octanol–water partition coefficient (Wildman–Crippen LogP) is 3.06. The molecule has 1 atom stereocenters. The molecule has 4 nitrogen and oxygen atoms in total. The molecule has 0 aliphatic heterocycles. The summed E-state index contributed by atoms with van der Waals surface area (Å²) in [5.74, 6) is 1.14. The molecule has 0 bridgehead atoms. The molecular weight excluding hydrogens is 250 g/mol. The van der Waals surface area contributed by atoms with Crippen LogP contribution in [0, 0.1) is 5.92 Å². The Hall–Kier alpha value is -0.770. The number of hydrogen-bond acceptors (Lipinski definition) is 2. The average Bonchev–Trinajstić information content (AvgIpc) is 2.66. The second kappa shape index (κ2) is 10.0. The van der Waals surface area contributed by atoms with Gasteiger partial charge in [-0.3, -0.25) is 4.99 Å². The van der Waals surface area contributed by atoms with Crippen LogP contribution in [0.3, 0.4) is 0 Å². The molecule has 0 aromatic rings. The lowest BCUT2D eigenvalue weighted by molar-refractivity contribution is 0.0266. The standard InChI is InChI=1S/C16H33N3O/c1-4-20-15(13(2)3)11-12-18-16(17)19-14-9-7-5-6-8-10-14/h13-15H,4-12H2,1-3H3,(H3,17,18,19). The van der Waals surface area contributed by atoms with Crippen LogP contribution in [0.15, 0.2) is 4.99 Å². The maximum atomic E-state index is 5.99. The number of aliphatic imine (C=N–C) groups is 1. The van der Waals surface area contributed by atoms with Gasteiger partial charge in [-0.15, -0.1) is 0 Å². The number of nitrogens with zero attached hydrogens (tertiary/aromatic N) is 1. The van der Waals surface area contributed by atoms with E-state index in [1.807, 2.05) is 6.92 Å². The summed E-state index contributed by atoms with van der Waals surface area (Å²) in [6.45, 7) is 7.94. The van der Waals surface area contributed by atoms with Crippen molar-refractivity contribution in [2.24, 2.45) is 16.6 Å². The highest BCUT2D eigenvalue weighted by Crippen LogP contribution is 2.17. The van der Waals surface area contributed by atoms with Crippen molar-refractivity contribution >= 4 is 5.96 Å². The molecule has 118 valence electrons. The lowest BCUT2D eigenvalue weighted by Gasteiger charge is -2.20. The van der Waals surface area contributed by atoms with E-state index in [2.05, 4.69) is 24.2 Å². The Balaban J connectivity index is 2.29. The van der Waals surface area contributed by atoms with E-state index in [1.54, 1.807) is 0 Å². The smallest absolute Gasteiger partial charge is 0.188 e. The van der Waals surface area contributed by atoms with Crippen LogP contribution in [-0.2, 0) is 4.74 Å². The molecule has 1 aliphatic carbocycles. The highest BCUT2D eigenvalue weighted by Gasteiger charge is 2.14. The zero-order chi connectivity index (χ0) is 14.8. The molecule has 0 saturated heterocycles. The molecule has 1 fully saturated rings. The van der Waals surface area contributed by atoms with Gasteiger partial charge in [0.2, 0.25) is 0 Å². The van der Waals surface area contributed by atoms with Crippen LogP contribution in [0.2, 0.25) is 0 Å². The van der Waals surface area contributed by atoms with Gasteiger partial charge >= 0.3 is 0 Å². The molecule has 0 aromatic heterocycles. The van der Waals surface area contributed by atoms with Gasteiger partial charge in [0.05, 0.1) is 6.10 Å². The van der Waals surface area contributed by atoms with Crippen molar-refractivity contribution in [3.05, 3.63) is 0 Å². The Morgan fingerprint density at radius 2 is 1.90 bits per heavy atom. The minimum Gasteiger partial charge on any atom is -0.378 e. The summed E-state index contributed by atoms with van der Waals surface area (Å²) in [5.41, 5.74) is 5.99. The molecule has 0 heterocycles. The first-order valence-electron chi connectivity index (χ1n) is 8.31. The number of ether oxygens (including phenoxy) is 1. The second-order valence-electron chi connectivity index (χ2n) is 6.13. The fourth-order valence-corrected chi connectivity index (χ4v) is 2.81. The zero-order valence-corrected chi connectivity index (χ0v) is 13.5. The summed E-state index contributed by atoms with van der Waals surface area (Å²) in [6, 6.07) is 0.522. The Labute approximate surface area is 124 Å². The van der Waals surface area contributed by atoms with Crippen molar-refractivity contribution in [3.63, 3.8) is 0 Å². The summed E-state index contributed by atoms with van der Waals surface area (Å²) in [7, 11) is 0.